The third kappa shape index (κ3) is 3.79. The Morgan fingerprint density at radius 2 is 1.83 bits per heavy atom. The number of amides is 1. The molecule has 1 aromatic carbocycles. The van der Waals surface area contributed by atoms with Gasteiger partial charge in [0.2, 0.25) is 5.91 Å². The molecule has 3 rings (SSSR count). The van der Waals surface area contributed by atoms with E-state index < -0.39 is 0 Å². The second-order valence-electron chi connectivity index (χ2n) is 6.07. The highest BCUT2D eigenvalue weighted by molar-refractivity contribution is 7.99. The van der Waals surface area contributed by atoms with E-state index in [2.05, 4.69) is 39.6 Å². The van der Waals surface area contributed by atoms with E-state index in [1.807, 2.05) is 6.07 Å². The van der Waals surface area contributed by atoms with Crippen molar-refractivity contribution in [2.24, 2.45) is 0 Å². The summed E-state index contributed by atoms with van der Waals surface area (Å²) in [5.41, 5.74) is 12.6. The van der Waals surface area contributed by atoms with Crippen LogP contribution in [0.1, 0.15) is 24.8 Å². The number of nitrogens with one attached hydrogen (secondary N) is 1. The number of aromatic nitrogens is 2. The number of anilines is 2. The average Bonchev–Trinajstić information content (AvgIpc) is 2.52. The molecule has 1 aliphatic carbocycles. The second-order valence-corrected chi connectivity index (χ2v) is 7.01. The lowest BCUT2D eigenvalue weighted by atomic mass is 9.64. The summed E-state index contributed by atoms with van der Waals surface area (Å²) in [6.07, 6.45) is 3.43. The van der Waals surface area contributed by atoms with Crippen molar-refractivity contribution in [3.63, 3.8) is 0 Å². The van der Waals surface area contributed by atoms with Gasteiger partial charge in [-0.25, -0.2) is 9.97 Å². The third-order valence-corrected chi connectivity index (χ3v) is 5.25. The lowest BCUT2D eigenvalue weighted by molar-refractivity contribution is -0.119. The molecule has 0 unspecified atom stereocenters. The van der Waals surface area contributed by atoms with Crippen molar-refractivity contribution in [2.45, 2.75) is 29.8 Å². The van der Waals surface area contributed by atoms with Gasteiger partial charge in [0.05, 0.1) is 5.75 Å². The summed E-state index contributed by atoms with van der Waals surface area (Å²) in [7, 11) is 0. The molecule has 0 radical (unpaired) electrons. The minimum Gasteiger partial charge on any atom is -0.383 e. The van der Waals surface area contributed by atoms with E-state index in [0.717, 1.165) is 12.8 Å². The highest BCUT2D eigenvalue weighted by Gasteiger charge is 2.38. The molecule has 1 saturated carbocycles. The number of carbonyl (C=O) groups excluding carboxylic acids is 1. The van der Waals surface area contributed by atoms with Crippen molar-refractivity contribution in [3.05, 3.63) is 42.0 Å². The van der Waals surface area contributed by atoms with Gasteiger partial charge in [0.25, 0.3) is 0 Å². The maximum absolute atomic E-state index is 12.2. The molecular weight excluding hydrogens is 322 g/mol. The summed E-state index contributed by atoms with van der Waals surface area (Å²) in [5, 5.41) is 3.47. The fourth-order valence-electron chi connectivity index (χ4n) is 2.94. The quantitative estimate of drug-likeness (QED) is 0.547. The fourth-order valence-corrected chi connectivity index (χ4v) is 3.64. The number of benzene rings is 1. The van der Waals surface area contributed by atoms with E-state index in [9.17, 15) is 4.79 Å². The highest BCUT2D eigenvalue weighted by Crippen LogP contribution is 2.43. The van der Waals surface area contributed by atoms with Crippen LogP contribution in [0.5, 0.6) is 0 Å². The summed E-state index contributed by atoms with van der Waals surface area (Å²) in [5.74, 6) is 0.825. The van der Waals surface area contributed by atoms with Crippen molar-refractivity contribution in [2.75, 3.05) is 23.8 Å². The normalized spacial score (nSPS) is 15.5. The zero-order chi connectivity index (χ0) is 17.0. The summed E-state index contributed by atoms with van der Waals surface area (Å²) >= 11 is 1.23. The number of hydrogen-bond donors (Lipinski definition) is 3. The zero-order valence-electron chi connectivity index (χ0n) is 13.4. The molecule has 1 fully saturated rings. The number of carbonyl (C=O) groups is 1. The molecule has 0 spiro atoms. The van der Waals surface area contributed by atoms with Crippen LogP contribution in [-0.4, -0.2) is 28.2 Å². The minimum atomic E-state index is -0.0354. The topological polar surface area (TPSA) is 107 Å². The van der Waals surface area contributed by atoms with Gasteiger partial charge in [0.1, 0.15) is 11.6 Å². The molecule has 126 valence electrons. The van der Waals surface area contributed by atoms with E-state index in [1.165, 1.54) is 29.8 Å². The maximum Gasteiger partial charge on any atom is 0.230 e. The van der Waals surface area contributed by atoms with Gasteiger partial charge in [0, 0.05) is 18.0 Å². The lowest BCUT2D eigenvalue weighted by Crippen LogP contribution is -2.46. The van der Waals surface area contributed by atoms with Crippen LogP contribution in [0.15, 0.2) is 41.6 Å². The average molecular weight is 343 g/mol. The molecule has 7 heteroatoms. The summed E-state index contributed by atoms with van der Waals surface area (Å²) in [6, 6.07) is 11.9. The number of thioether (sulfide) groups is 1. The first kappa shape index (κ1) is 16.6. The number of rotatable bonds is 6. The largest absolute Gasteiger partial charge is 0.383 e. The smallest absolute Gasteiger partial charge is 0.230 e. The Morgan fingerprint density at radius 3 is 2.42 bits per heavy atom. The van der Waals surface area contributed by atoms with Crippen LogP contribution in [0.2, 0.25) is 0 Å². The van der Waals surface area contributed by atoms with Crippen molar-refractivity contribution in [3.8, 4) is 0 Å². The van der Waals surface area contributed by atoms with E-state index in [4.69, 9.17) is 11.5 Å². The molecular formula is C17H21N5OS. The first-order valence-corrected chi connectivity index (χ1v) is 8.91. The van der Waals surface area contributed by atoms with Crippen LogP contribution in [0, 0.1) is 0 Å². The predicted octanol–water partition coefficient (Wildman–Crippen LogP) is 1.97. The first-order chi connectivity index (χ1) is 11.6. The van der Waals surface area contributed by atoms with Gasteiger partial charge in [-0.1, -0.05) is 48.5 Å². The van der Waals surface area contributed by atoms with Gasteiger partial charge in [-0.3, -0.25) is 4.79 Å². The summed E-state index contributed by atoms with van der Waals surface area (Å²) in [6.45, 7) is 0.663. The van der Waals surface area contributed by atoms with Crippen LogP contribution in [0.3, 0.4) is 0 Å². The van der Waals surface area contributed by atoms with Gasteiger partial charge in [-0.15, -0.1) is 0 Å². The van der Waals surface area contributed by atoms with Crippen LogP contribution in [-0.2, 0) is 10.2 Å². The van der Waals surface area contributed by atoms with Gasteiger partial charge in [-0.05, 0) is 18.4 Å². The van der Waals surface area contributed by atoms with Gasteiger partial charge >= 0.3 is 0 Å². The molecule has 0 atom stereocenters. The minimum absolute atomic E-state index is 0.0354. The van der Waals surface area contributed by atoms with Crippen LogP contribution >= 0.6 is 11.8 Å². The molecule has 0 bridgehead atoms. The Labute approximate surface area is 145 Å². The van der Waals surface area contributed by atoms with Gasteiger partial charge in [-0.2, -0.15) is 0 Å². The van der Waals surface area contributed by atoms with Crippen LogP contribution in [0.4, 0.5) is 11.6 Å². The predicted molar refractivity (Wildman–Crippen MR) is 96.6 cm³/mol. The fraction of sp³-hybridized carbons (Fsp3) is 0.353. The molecule has 1 amide bonds. The maximum atomic E-state index is 12.2. The standard InChI is InChI=1S/C17H21N5OS/c18-13-9-14(19)22-16(21-13)24-10-15(23)20-11-17(7-4-8-17)12-5-2-1-3-6-12/h1-3,5-6,9H,4,7-8,10-11H2,(H,20,23)(H4,18,19,21,22). The SMILES string of the molecule is Nc1cc(N)nc(SCC(=O)NCC2(c3ccccc3)CCC2)n1. The number of nitrogens with two attached hydrogens (primary N) is 2. The Bertz CT molecular complexity index is 698. The molecule has 0 saturated heterocycles. The monoisotopic (exact) mass is 343 g/mol. The lowest BCUT2D eigenvalue weighted by Gasteiger charge is -2.42. The molecule has 2 aromatic rings. The highest BCUT2D eigenvalue weighted by atomic mass is 32.2. The first-order valence-electron chi connectivity index (χ1n) is 7.92. The van der Waals surface area contributed by atoms with Gasteiger partial charge in [0.15, 0.2) is 5.16 Å². The molecule has 1 heterocycles. The second kappa shape index (κ2) is 7.09. The Balaban J connectivity index is 1.53. The number of nitrogens with zero attached hydrogens (tertiary/aromatic N) is 2. The Hall–Kier alpha value is -2.28. The van der Waals surface area contributed by atoms with Crippen molar-refractivity contribution < 1.29 is 4.79 Å². The zero-order valence-corrected chi connectivity index (χ0v) is 14.2. The molecule has 1 aliphatic rings. The summed E-state index contributed by atoms with van der Waals surface area (Å²) < 4.78 is 0. The van der Waals surface area contributed by atoms with E-state index in [1.54, 1.807) is 0 Å². The van der Waals surface area contributed by atoms with Crippen molar-refractivity contribution in [1.29, 1.82) is 0 Å². The molecule has 1 aromatic heterocycles. The van der Waals surface area contributed by atoms with Crippen LogP contribution < -0.4 is 16.8 Å². The number of hydrogen-bond acceptors (Lipinski definition) is 6. The molecule has 6 nitrogen and oxygen atoms in total. The number of nitrogen functional groups attached to an aromatic ring is 2. The summed E-state index contributed by atoms with van der Waals surface area (Å²) in [4.78, 5) is 20.3. The Kier molecular flexibility index (Phi) is 4.89. The van der Waals surface area contributed by atoms with Gasteiger partial charge < -0.3 is 16.8 Å². The molecule has 24 heavy (non-hydrogen) atoms. The van der Waals surface area contributed by atoms with Crippen molar-refractivity contribution in [1.82, 2.24) is 15.3 Å². The van der Waals surface area contributed by atoms with E-state index in [0.29, 0.717) is 23.3 Å². The van der Waals surface area contributed by atoms with E-state index >= 15 is 0 Å². The van der Waals surface area contributed by atoms with Crippen LogP contribution in [0.25, 0.3) is 0 Å². The van der Waals surface area contributed by atoms with Crippen molar-refractivity contribution >= 4 is 29.3 Å². The van der Waals surface area contributed by atoms with E-state index in [-0.39, 0.29) is 17.1 Å². The third-order valence-electron chi connectivity index (χ3n) is 4.40. The molecule has 0 aliphatic heterocycles. The molecule has 5 N–H and O–H groups in total. The Morgan fingerprint density at radius 1 is 1.17 bits per heavy atom.